The van der Waals surface area contributed by atoms with Gasteiger partial charge in [0.15, 0.2) is 0 Å². The molecule has 0 spiro atoms. The molecule has 1 aliphatic carbocycles. The van der Waals surface area contributed by atoms with Gasteiger partial charge in [0.05, 0.1) is 19.8 Å². The number of aromatic nitrogens is 1. The van der Waals surface area contributed by atoms with E-state index < -0.39 is 0 Å². The van der Waals surface area contributed by atoms with Gasteiger partial charge in [-0.15, -0.1) is 0 Å². The molecule has 4 rings (SSSR count). The van der Waals surface area contributed by atoms with E-state index in [1.165, 1.54) is 19.3 Å². The van der Waals surface area contributed by atoms with Crippen LogP contribution in [0.2, 0.25) is 0 Å². The zero-order valence-corrected chi connectivity index (χ0v) is 17.5. The second-order valence-corrected chi connectivity index (χ2v) is 8.41. The molecule has 160 valence electrons. The third-order valence-corrected chi connectivity index (χ3v) is 6.50. The van der Waals surface area contributed by atoms with Crippen molar-refractivity contribution in [3.05, 3.63) is 70.1 Å². The molecule has 2 aromatic rings. The first kappa shape index (κ1) is 20.8. The first-order chi connectivity index (χ1) is 14.7. The van der Waals surface area contributed by atoms with Crippen molar-refractivity contribution in [2.24, 2.45) is 0 Å². The number of benzene rings is 1. The van der Waals surface area contributed by atoms with Crippen LogP contribution in [-0.2, 0) is 11.3 Å². The highest BCUT2D eigenvalue weighted by molar-refractivity contribution is 5.93. The molecule has 1 saturated heterocycles. The van der Waals surface area contributed by atoms with Crippen LogP contribution in [0.5, 0.6) is 0 Å². The van der Waals surface area contributed by atoms with E-state index in [-0.39, 0.29) is 22.6 Å². The van der Waals surface area contributed by atoms with Gasteiger partial charge in [0, 0.05) is 31.4 Å². The minimum Gasteiger partial charge on any atom is -0.379 e. The zero-order valence-electron chi connectivity index (χ0n) is 17.5. The fourth-order valence-electron chi connectivity index (χ4n) is 4.81. The number of ether oxygens (including phenoxy) is 1. The Morgan fingerprint density at radius 2 is 1.73 bits per heavy atom. The number of carbonyl (C=O) groups excluding carboxylic acids is 1. The van der Waals surface area contributed by atoms with Crippen LogP contribution in [0.4, 0.5) is 0 Å². The van der Waals surface area contributed by atoms with Gasteiger partial charge in [-0.25, -0.2) is 0 Å². The Bertz CT molecular complexity index is 897. The molecule has 0 atom stereocenters. The number of pyridine rings is 1. The minimum absolute atomic E-state index is 0.0183. The van der Waals surface area contributed by atoms with Gasteiger partial charge in [0.25, 0.3) is 11.5 Å². The Kier molecular flexibility index (Phi) is 6.65. The number of nitrogens with one attached hydrogen (secondary N) is 1. The van der Waals surface area contributed by atoms with Crippen LogP contribution in [0.25, 0.3) is 0 Å². The Labute approximate surface area is 177 Å². The first-order valence-electron chi connectivity index (χ1n) is 11.0. The topological polar surface area (TPSA) is 63.6 Å². The van der Waals surface area contributed by atoms with Gasteiger partial charge in [0.1, 0.15) is 5.56 Å². The van der Waals surface area contributed by atoms with E-state index in [0.29, 0.717) is 13.1 Å². The maximum Gasteiger partial charge on any atom is 0.263 e. The summed E-state index contributed by atoms with van der Waals surface area (Å²) < 4.78 is 7.13. The van der Waals surface area contributed by atoms with Crippen LogP contribution in [0.3, 0.4) is 0 Å². The van der Waals surface area contributed by atoms with Crippen molar-refractivity contribution in [3.8, 4) is 0 Å². The number of rotatable bonds is 6. The molecule has 0 bridgehead atoms. The molecule has 1 saturated carbocycles. The Morgan fingerprint density at radius 1 is 1.00 bits per heavy atom. The number of carbonyl (C=O) groups is 1. The quantitative estimate of drug-likeness (QED) is 0.797. The first-order valence-corrected chi connectivity index (χ1v) is 11.0. The van der Waals surface area contributed by atoms with Crippen molar-refractivity contribution >= 4 is 5.91 Å². The summed E-state index contributed by atoms with van der Waals surface area (Å²) >= 11 is 0. The highest BCUT2D eigenvalue weighted by Crippen LogP contribution is 2.33. The fourth-order valence-corrected chi connectivity index (χ4v) is 4.81. The summed E-state index contributed by atoms with van der Waals surface area (Å²) in [7, 11) is 0. The van der Waals surface area contributed by atoms with Crippen LogP contribution in [0.1, 0.15) is 48.0 Å². The molecule has 6 nitrogen and oxygen atoms in total. The highest BCUT2D eigenvalue weighted by atomic mass is 16.5. The summed E-state index contributed by atoms with van der Waals surface area (Å²) in [5, 5.41) is 3.10. The molecule has 1 aromatic carbocycles. The van der Waals surface area contributed by atoms with E-state index in [0.717, 1.165) is 44.7 Å². The number of amides is 1. The summed E-state index contributed by atoms with van der Waals surface area (Å²) in [5.41, 5.74) is 0.977. The second-order valence-electron chi connectivity index (χ2n) is 8.41. The zero-order chi connectivity index (χ0) is 20.8. The van der Waals surface area contributed by atoms with E-state index >= 15 is 0 Å². The van der Waals surface area contributed by atoms with E-state index in [1.807, 2.05) is 30.3 Å². The molecule has 30 heavy (non-hydrogen) atoms. The lowest BCUT2D eigenvalue weighted by atomic mass is 9.79. The lowest BCUT2D eigenvalue weighted by molar-refractivity contribution is -0.0361. The average Bonchev–Trinajstić information content (AvgIpc) is 2.81. The summed E-state index contributed by atoms with van der Waals surface area (Å²) in [5.74, 6) is -0.277. The molecule has 1 aromatic heterocycles. The summed E-state index contributed by atoms with van der Waals surface area (Å²) in [6.07, 6.45) is 7.52. The van der Waals surface area contributed by atoms with Crippen molar-refractivity contribution in [2.45, 2.75) is 44.2 Å². The van der Waals surface area contributed by atoms with Crippen LogP contribution in [0.15, 0.2) is 53.5 Å². The van der Waals surface area contributed by atoms with Crippen LogP contribution >= 0.6 is 0 Å². The third kappa shape index (κ3) is 4.65. The van der Waals surface area contributed by atoms with Gasteiger partial charge in [0.2, 0.25) is 0 Å². The molecule has 1 amide bonds. The molecule has 2 aliphatic rings. The smallest absolute Gasteiger partial charge is 0.263 e. The SMILES string of the molecule is O=C(NCC1(N2CCOCC2)CCCCC1)c1cccn(Cc2ccccc2)c1=O. The summed E-state index contributed by atoms with van der Waals surface area (Å²) in [4.78, 5) is 28.4. The standard InChI is InChI=1S/C24H31N3O3/c28-22(21-10-7-13-26(23(21)29)18-20-8-3-1-4-9-20)25-19-24(11-5-2-6-12-24)27-14-16-30-17-15-27/h1,3-4,7-10,13H,2,5-6,11-12,14-19H2,(H,25,28). The van der Waals surface area contributed by atoms with Gasteiger partial charge in [-0.1, -0.05) is 49.6 Å². The van der Waals surface area contributed by atoms with Crippen molar-refractivity contribution < 1.29 is 9.53 Å². The maximum atomic E-state index is 13.0. The highest BCUT2D eigenvalue weighted by Gasteiger charge is 2.39. The molecular weight excluding hydrogens is 378 g/mol. The summed E-state index contributed by atoms with van der Waals surface area (Å²) in [6.45, 7) is 4.35. The molecule has 1 N–H and O–H groups in total. The monoisotopic (exact) mass is 409 g/mol. The number of nitrogens with zero attached hydrogens (tertiary/aromatic N) is 2. The molecule has 1 aliphatic heterocycles. The molecule has 6 heteroatoms. The predicted molar refractivity (Wildman–Crippen MR) is 117 cm³/mol. The van der Waals surface area contributed by atoms with Gasteiger partial charge in [-0.05, 0) is 30.5 Å². The largest absolute Gasteiger partial charge is 0.379 e. The Hall–Kier alpha value is -2.44. The van der Waals surface area contributed by atoms with Crippen LogP contribution < -0.4 is 10.9 Å². The number of hydrogen-bond acceptors (Lipinski definition) is 4. The van der Waals surface area contributed by atoms with Gasteiger partial charge in [-0.2, -0.15) is 0 Å². The minimum atomic E-state index is -0.277. The normalized spacial score (nSPS) is 19.3. The maximum absolute atomic E-state index is 13.0. The molecule has 2 heterocycles. The van der Waals surface area contributed by atoms with Crippen molar-refractivity contribution in [2.75, 3.05) is 32.8 Å². The van der Waals surface area contributed by atoms with E-state index in [4.69, 9.17) is 4.74 Å². The van der Waals surface area contributed by atoms with Crippen LogP contribution in [0, 0.1) is 0 Å². The second kappa shape index (κ2) is 9.58. The molecular formula is C24H31N3O3. The van der Waals surface area contributed by atoms with Crippen molar-refractivity contribution in [1.29, 1.82) is 0 Å². The predicted octanol–water partition coefficient (Wildman–Crippen LogP) is 2.66. The van der Waals surface area contributed by atoms with Gasteiger partial charge in [-0.3, -0.25) is 14.5 Å². The number of morpholine rings is 1. The van der Waals surface area contributed by atoms with Crippen molar-refractivity contribution in [1.82, 2.24) is 14.8 Å². The molecule has 2 fully saturated rings. The van der Waals surface area contributed by atoms with Gasteiger partial charge < -0.3 is 14.6 Å². The lowest BCUT2D eigenvalue weighted by Gasteiger charge is -2.48. The van der Waals surface area contributed by atoms with Gasteiger partial charge >= 0.3 is 0 Å². The van der Waals surface area contributed by atoms with E-state index in [9.17, 15) is 9.59 Å². The lowest BCUT2D eigenvalue weighted by Crippen LogP contribution is -2.59. The third-order valence-electron chi connectivity index (χ3n) is 6.50. The fraction of sp³-hybridized carbons (Fsp3) is 0.500. The summed E-state index contributed by atoms with van der Waals surface area (Å²) in [6, 6.07) is 13.2. The van der Waals surface area contributed by atoms with E-state index in [2.05, 4.69) is 10.2 Å². The Morgan fingerprint density at radius 3 is 2.47 bits per heavy atom. The van der Waals surface area contributed by atoms with Crippen LogP contribution in [-0.4, -0.2) is 53.8 Å². The molecule has 0 radical (unpaired) electrons. The molecule has 0 unspecified atom stereocenters. The number of hydrogen-bond donors (Lipinski definition) is 1. The van der Waals surface area contributed by atoms with E-state index in [1.54, 1.807) is 22.9 Å². The van der Waals surface area contributed by atoms with Crippen molar-refractivity contribution in [3.63, 3.8) is 0 Å². The Balaban J connectivity index is 1.47. The average molecular weight is 410 g/mol.